The van der Waals surface area contributed by atoms with E-state index in [0.29, 0.717) is 5.69 Å². The lowest BCUT2D eigenvalue weighted by atomic mass is 10.3. The second-order valence-electron chi connectivity index (χ2n) is 3.24. The Balaban J connectivity index is 2.42. The van der Waals surface area contributed by atoms with Crippen LogP contribution in [0.3, 0.4) is 0 Å². The summed E-state index contributed by atoms with van der Waals surface area (Å²) >= 11 is 0. The molecule has 0 aliphatic rings. The fraction of sp³-hybridized carbons (Fsp3) is 0.500. The normalized spacial score (nSPS) is 12.1. The Morgan fingerprint density at radius 3 is 2.88 bits per heavy atom. The van der Waals surface area contributed by atoms with Gasteiger partial charge in [0, 0.05) is 6.42 Å². The number of carbonyl (C=O) groups excluding carboxylic acids is 2. The molecule has 0 bridgehead atoms. The Labute approximate surface area is 91.4 Å². The van der Waals surface area contributed by atoms with E-state index >= 15 is 0 Å². The molecule has 0 saturated heterocycles. The molecule has 0 aliphatic carbocycles. The van der Waals surface area contributed by atoms with Crippen molar-refractivity contribution in [1.82, 2.24) is 20.3 Å². The van der Waals surface area contributed by atoms with Crippen LogP contribution < -0.4 is 11.1 Å². The number of aromatic nitrogens is 3. The fourth-order valence-electron chi connectivity index (χ4n) is 1.03. The Kier molecular flexibility index (Phi) is 3.95. The summed E-state index contributed by atoms with van der Waals surface area (Å²) in [4.78, 5) is 21.4. The number of primary amides is 1. The molecule has 1 aromatic rings. The summed E-state index contributed by atoms with van der Waals surface area (Å²) in [6, 6.07) is -0.881. The second kappa shape index (κ2) is 5.21. The zero-order chi connectivity index (χ0) is 12.1. The topological polar surface area (TPSA) is 123 Å². The second-order valence-corrected chi connectivity index (χ2v) is 3.24. The van der Waals surface area contributed by atoms with Gasteiger partial charge in [0.1, 0.15) is 5.69 Å². The summed E-state index contributed by atoms with van der Waals surface area (Å²) in [5.74, 6) is -0.485. The number of imide groups is 1. The van der Waals surface area contributed by atoms with Gasteiger partial charge in [0.15, 0.2) is 0 Å². The van der Waals surface area contributed by atoms with Gasteiger partial charge >= 0.3 is 6.03 Å². The van der Waals surface area contributed by atoms with Crippen LogP contribution >= 0.6 is 0 Å². The molecule has 8 heteroatoms. The Morgan fingerprint density at radius 1 is 1.69 bits per heavy atom. The number of urea groups is 1. The van der Waals surface area contributed by atoms with Crippen molar-refractivity contribution in [3.8, 4) is 0 Å². The average Bonchev–Trinajstić information content (AvgIpc) is 2.61. The molecule has 0 radical (unpaired) electrons. The lowest BCUT2D eigenvalue weighted by Crippen LogP contribution is -2.35. The standard InChI is InChI=1S/C8H13N5O3/c1-5(14)6-4-13(12-11-6)3-2-7(15)10-8(9)16/h4-5,14H,2-3H2,1H3,(H3,9,10,15,16). The summed E-state index contributed by atoms with van der Waals surface area (Å²) < 4.78 is 1.41. The van der Waals surface area contributed by atoms with Gasteiger partial charge in [0.2, 0.25) is 5.91 Å². The molecule has 88 valence electrons. The maximum absolute atomic E-state index is 11.0. The SMILES string of the molecule is CC(O)c1cn(CCC(=O)NC(N)=O)nn1. The molecule has 4 N–H and O–H groups in total. The Hall–Kier alpha value is -1.96. The molecule has 3 amide bonds. The first-order valence-corrected chi connectivity index (χ1v) is 4.66. The van der Waals surface area contributed by atoms with Crippen LogP contribution in [0.25, 0.3) is 0 Å². The van der Waals surface area contributed by atoms with Gasteiger partial charge in [-0.25, -0.2) is 4.79 Å². The number of aliphatic hydroxyl groups is 1. The highest BCUT2D eigenvalue weighted by atomic mass is 16.3. The molecular formula is C8H13N5O3. The monoisotopic (exact) mass is 227 g/mol. The van der Waals surface area contributed by atoms with E-state index in [9.17, 15) is 14.7 Å². The molecular weight excluding hydrogens is 214 g/mol. The quantitative estimate of drug-likeness (QED) is 0.603. The number of aliphatic hydroxyl groups excluding tert-OH is 1. The molecule has 1 rings (SSSR count). The number of aryl methyl sites for hydroxylation is 1. The predicted octanol–water partition coefficient (Wildman–Crippen LogP) is -1.08. The third-order valence-corrected chi connectivity index (χ3v) is 1.81. The van der Waals surface area contributed by atoms with Gasteiger partial charge in [0.05, 0.1) is 18.8 Å². The number of carbonyl (C=O) groups is 2. The number of nitrogens with zero attached hydrogens (tertiary/aromatic N) is 3. The van der Waals surface area contributed by atoms with E-state index in [1.54, 1.807) is 6.92 Å². The summed E-state index contributed by atoms with van der Waals surface area (Å²) in [6.07, 6.45) is 0.890. The molecule has 0 aromatic carbocycles. The van der Waals surface area contributed by atoms with Gasteiger partial charge in [0.25, 0.3) is 0 Å². The first kappa shape index (κ1) is 12.1. The van der Waals surface area contributed by atoms with Crippen LogP contribution in [0.15, 0.2) is 6.20 Å². The van der Waals surface area contributed by atoms with Crippen LogP contribution in [-0.2, 0) is 11.3 Å². The molecule has 1 aromatic heterocycles. The average molecular weight is 227 g/mol. The fourth-order valence-corrected chi connectivity index (χ4v) is 1.03. The van der Waals surface area contributed by atoms with Crippen molar-refractivity contribution in [2.45, 2.75) is 26.0 Å². The van der Waals surface area contributed by atoms with Crippen molar-refractivity contribution >= 4 is 11.9 Å². The van der Waals surface area contributed by atoms with Crippen LogP contribution in [0.1, 0.15) is 25.1 Å². The number of hydrogen-bond acceptors (Lipinski definition) is 5. The first-order chi connectivity index (χ1) is 7.49. The highest BCUT2D eigenvalue weighted by Gasteiger charge is 2.08. The third kappa shape index (κ3) is 3.65. The predicted molar refractivity (Wildman–Crippen MR) is 53.0 cm³/mol. The van der Waals surface area contributed by atoms with E-state index in [1.807, 2.05) is 5.32 Å². The zero-order valence-corrected chi connectivity index (χ0v) is 8.75. The summed E-state index contributed by atoms with van der Waals surface area (Å²) in [6.45, 7) is 1.83. The van der Waals surface area contributed by atoms with E-state index in [2.05, 4.69) is 10.3 Å². The molecule has 0 aliphatic heterocycles. The van der Waals surface area contributed by atoms with E-state index in [1.165, 1.54) is 10.9 Å². The van der Waals surface area contributed by atoms with Crippen molar-refractivity contribution in [3.63, 3.8) is 0 Å². The lowest BCUT2D eigenvalue weighted by molar-refractivity contribution is -0.120. The highest BCUT2D eigenvalue weighted by Crippen LogP contribution is 2.06. The molecule has 0 fully saturated rings. The van der Waals surface area contributed by atoms with Crippen molar-refractivity contribution in [2.75, 3.05) is 0 Å². The zero-order valence-electron chi connectivity index (χ0n) is 8.75. The molecule has 1 unspecified atom stereocenters. The molecule has 8 nitrogen and oxygen atoms in total. The molecule has 0 saturated carbocycles. The molecule has 0 spiro atoms. The maximum atomic E-state index is 11.0. The third-order valence-electron chi connectivity index (χ3n) is 1.81. The summed E-state index contributed by atoms with van der Waals surface area (Å²) in [5, 5.41) is 18.5. The van der Waals surface area contributed by atoms with Gasteiger partial charge in [-0.15, -0.1) is 5.10 Å². The van der Waals surface area contributed by atoms with E-state index in [-0.39, 0.29) is 13.0 Å². The van der Waals surface area contributed by atoms with Crippen LogP contribution in [0, 0.1) is 0 Å². The van der Waals surface area contributed by atoms with Gasteiger partial charge < -0.3 is 10.8 Å². The van der Waals surface area contributed by atoms with Crippen molar-refractivity contribution < 1.29 is 14.7 Å². The smallest absolute Gasteiger partial charge is 0.318 e. The molecule has 1 atom stereocenters. The van der Waals surface area contributed by atoms with E-state index in [0.717, 1.165) is 0 Å². The minimum Gasteiger partial charge on any atom is -0.387 e. The van der Waals surface area contributed by atoms with Crippen molar-refractivity contribution in [2.24, 2.45) is 5.73 Å². The summed E-state index contributed by atoms with van der Waals surface area (Å²) in [7, 11) is 0. The van der Waals surface area contributed by atoms with E-state index < -0.39 is 18.0 Å². The van der Waals surface area contributed by atoms with Crippen molar-refractivity contribution in [1.29, 1.82) is 0 Å². The number of amides is 3. The van der Waals surface area contributed by atoms with Gasteiger partial charge in [-0.2, -0.15) is 0 Å². The molecule has 16 heavy (non-hydrogen) atoms. The van der Waals surface area contributed by atoms with Gasteiger partial charge in [-0.05, 0) is 6.92 Å². The minimum atomic E-state index is -0.881. The van der Waals surface area contributed by atoms with Crippen LogP contribution in [0.2, 0.25) is 0 Å². The van der Waals surface area contributed by atoms with E-state index in [4.69, 9.17) is 5.73 Å². The number of hydrogen-bond donors (Lipinski definition) is 3. The first-order valence-electron chi connectivity index (χ1n) is 4.66. The van der Waals surface area contributed by atoms with Gasteiger partial charge in [-0.1, -0.05) is 5.21 Å². The molecule has 1 heterocycles. The van der Waals surface area contributed by atoms with Crippen LogP contribution in [0.5, 0.6) is 0 Å². The Bertz CT molecular complexity index is 387. The minimum absolute atomic E-state index is 0.0611. The van der Waals surface area contributed by atoms with Crippen molar-refractivity contribution in [3.05, 3.63) is 11.9 Å². The number of nitrogens with two attached hydrogens (primary N) is 1. The number of nitrogens with one attached hydrogen (secondary N) is 1. The lowest BCUT2D eigenvalue weighted by Gasteiger charge is -2.00. The number of rotatable bonds is 4. The van der Waals surface area contributed by atoms with Crippen LogP contribution in [-0.4, -0.2) is 32.0 Å². The largest absolute Gasteiger partial charge is 0.387 e. The van der Waals surface area contributed by atoms with Crippen LogP contribution in [0.4, 0.5) is 4.79 Å². The highest BCUT2D eigenvalue weighted by molar-refractivity contribution is 5.93. The maximum Gasteiger partial charge on any atom is 0.318 e. The summed E-state index contributed by atoms with van der Waals surface area (Å²) in [5.41, 5.74) is 5.19. The van der Waals surface area contributed by atoms with Gasteiger partial charge in [-0.3, -0.25) is 14.8 Å². The Morgan fingerprint density at radius 2 is 2.38 bits per heavy atom.